The number of nitrogens with zero attached hydrogens (tertiary/aromatic N) is 2. The summed E-state index contributed by atoms with van der Waals surface area (Å²) in [6.45, 7) is 12.4. The maximum atomic E-state index is 5.76. The summed E-state index contributed by atoms with van der Waals surface area (Å²) in [6.07, 6.45) is 13.8. The SMILES string of the molecule is CCCC(CCNC(C)(C)C)CCc1c(C2CCC2)ccc(-c2cnc(N)cn2)c1C. The van der Waals surface area contributed by atoms with Gasteiger partial charge in [-0.1, -0.05) is 38.3 Å². The highest BCUT2D eigenvalue weighted by Gasteiger charge is 2.24. The summed E-state index contributed by atoms with van der Waals surface area (Å²) in [5.41, 5.74) is 12.6. The van der Waals surface area contributed by atoms with Gasteiger partial charge in [-0.05, 0) is 94.9 Å². The van der Waals surface area contributed by atoms with Crippen LogP contribution in [-0.4, -0.2) is 22.1 Å². The van der Waals surface area contributed by atoms with E-state index in [9.17, 15) is 0 Å². The van der Waals surface area contributed by atoms with Gasteiger partial charge in [0.05, 0.1) is 18.1 Å². The minimum atomic E-state index is 0.194. The molecule has 1 aromatic heterocycles. The lowest BCUT2D eigenvalue weighted by atomic mass is 9.75. The van der Waals surface area contributed by atoms with Gasteiger partial charge in [-0.3, -0.25) is 4.98 Å². The standard InChI is InChI=1S/C27H42N4/c1-6-8-20(15-16-31-27(3,4)5)11-12-22-19(2)23(25-17-30-26(28)18-29-25)13-14-24(22)21-9-7-10-21/h13-14,17-18,20-21,31H,6-12,15-16H2,1-5H3,(H2,28,30). The Morgan fingerprint density at radius 3 is 2.45 bits per heavy atom. The van der Waals surface area contributed by atoms with E-state index in [1.807, 2.05) is 6.20 Å². The summed E-state index contributed by atoms with van der Waals surface area (Å²) < 4.78 is 0. The minimum Gasteiger partial charge on any atom is -0.382 e. The first-order chi connectivity index (χ1) is 14.8. The van der Waals surface area contributed by atoms with E-state index in [1.165, 1.54) is 56.1 Å². The van der Waals surface area contributed by atoms with Crippen LogP contribution >= 0.6 is 0 Å². The molecule has 4 heteroatoms. The highest BCUT2D eigenvalue weighted by Crippen LogP contribution is 2.41. The fourth-order valence-electron chi connectivity index (χ4n) is 4.81. The van der Waals surface area contributed by atoms with Gasteiger partial charge in [0, 0.05) is 11.1 Å². The summed E-state index contributed by atoms with van der Waals surface area (Å²) in [7, 11) is 0. The monoisotopic (exact) mass is 422 g/mol. The van der Waals surface area contributed by atoms with Crippen molar-refractivity contribution in [2.45, 2.75) is 97.4 Å². The van der Waals surface area contributed by atoms with Crippen LogP contribution < -0.4 is 11.1 Å². The van der Waals surface area contributed by atoms with Crippen molar-refractivity contribution in [1.82, 2.24) is 15.3 Å². The van der Waals surface area contributed by atoms with Gasteiger partial charge in [-0.2, -0.15) is 0 Å². The first kappa shape index (κ1) is 23.7. The number of anilines is 1. The number of nitrogens with one attached hydrogen (secondary N) is 1. The van der Waals surface area contributed by atoms with Gasteiger partial charge in [0.25, 0.3) is 0 Å². The fraction of sp³-hybridized carbons (Fsp3) is 0.630. The molecule has 3 N–H and O–H groups in total. The molecule has 0 amide bonds. The zero-order valence-electron chi connectivity index (χ0n) is 20.3. The molecule has 31 heavy (non-hydrogen) atoms. The Morgan fingerprint density at radius 1 is 1.10 bits per heavy atom. The summed E-state index contributed by atoms with van der Waals surface area (Å²) in [6, 6.07) is 4.62. The van der Waals surface area contributed by atoms with Crippen LogP contribution in [0.1, 0.15) is 95.2 Å². The highest BCUT2D eigenvalue weighted by molar-refractivity contribution is 5.66. The topological polar surface area (TPSA) is 63.8 Å². The second-order valence-corrected chi connectivity index (χ2v) is 10.4. The van der Waals surface area contributed by atoms with Crippen molar-refractivity contribution in [2.24, 2.45) is 5.92 Å². The maximum Gasteiger partial charge on any atom is 0.141 e. The number of rotatable bonds is 10. The lowest BCUT2D eigenvalue weighted by Crippen LogP contribution is -2.37. The maximum absolute atomic E-state index is 5.76. The van der Waals surface area contributed by atoms with Gasteiger partial charge in [-0.25, -0.2) is 4.98 Å². The predicted molar refractivity (Wildman–Crippen MR) is 132 cm³/mol. The lowest BCUT2D eigenvalue weighted by molar-refractivity contribution is 0.358. The molecule has 170 valence electrons. The molecule has 0 saturated heterocycles. The summed E-state index contributed by atoms with van der Waals surface area (Å²) in [5, 5.41) is 3.68. The molecule has 1 atom stereocenters. The summed E-state index contributed by atoms with van der Waals surface area (Å²) >= 11 is 0. The number of hydrogen-bond donors (Lipinski definition) is 2. The first-order valence-electron chi connectivity index (χ1n) is 12.2. The van der Waals surface area contributed by atoms with Gasteiger partial charge in [-0.15, -0.1) is 0 Å². The van der Waals surface area contributed by atoms with Crippen molar-refractivity contribution in [1.29, 1.82) is 0 Å². The van der Waals surface area contributed by atoms with E-state index < -0.39 is 0 Å². The van der Waals surface area contributed by atoms with E-state index in [2.05, 4.69) is 62.0 Å². The van der Waals surface area contributed by atoms with Crippen LogP contribution in [0.4, 0.5) is 5.82 Å². The average Bonchev–Trinajstić information content (AvgIpc) is 2.66. The van der Waals surface area contributed by atoms with Crippen LogP contribution in [0.5, 0.6) is 0 Å². The van der Waals surface area contributed by atoms with E-state index in [0.717, 1.165) is 30.5 Å². The van der Waals surface area contributed by atoms with Crippen LogP contribution in [0.2, 0.25) is 0 Å². The summed E-state index contributed by atoms with van der Waals surface area (Å²) in [5.74, 6) is 1.99. The number of nitrogen functional groups attached to an aromatic ring is 1. The van der Waals surface area contributed by atoms with Crippen molar-refractivity contribution in [3.63, 3.8) is 0 Å². The second kappa shape index (κ2) is 10.6. The first-order valence-corrected chi connectivity index (χ1v) is 12.2. The molecule has 0 radical (unpaired) electrons. The van der Waals surface area contributed by atoms with Gasteiger partial charge in [0.15, 0.2) is 0 Å². The van der Waals surface area contributed by atoms with Crippen LogP contribution in [-0.2, 0) is 6.42 Å². The Bertz CT molecular complexity index is 832. The van der Waals surface area contributed by atoms with Crippen molar-refractivity contribution >= 4 is 5.82 Å². The fourth-order valence-corrected chi connectivity index (χ4v) is 4.81. The van der Waals surface area contributed by atoms with Crippen molar-refractivity contribution in [3.8, 4) is 11.3 Å². The molecule has 1 heterocycles. The van der Waals surface area contributed by atoms with Crippen molar-refractivity contribution < 1.29 is 0 Å². The summed E-state index contributed by atoms with van der Waals surface area (Å²) in [4.78, 5) is 8.82. The van der Waals surface area contributed by atoms with Gasteiger partial charge >= 0.3 is 0 Å². The van der Waals surface area contributed by atoms with E-state index in [-0.39, 0.29) is 5.54 Å². The van der Waals surface area contributed by atoms with E-state index in [1.54, 1.807) is 17.3 Å². The Hall–Kier alpha value is -1.94. The predicted octanol–water partition coefficient (Wildman–Crippen LogP) is 6.43. The Balaban J connectivity index is 1.79. The molecule has 1 aliphatic carbocycles. The molecule has 3 rings (SSSR count). The molecule has 0 bridgehead atoms. The highest BCUT2D eigenvalue weighted by atomic mass is 14.9. The largest absolute Gasteiger partial charge is 0.382 e. The van der Waals surface area contributed by atoms with Crippen molar-refractivity contribution in [2.75, 3.05) is 12.3 Å². The molecule has 1 fully saturated rings. The van der Waals surface area contributed by atoms with Gasteiger partial charge < -0.3 is 11.1 Å². The molecule has 0 aliphatic heterocycles. The van der Waals surface area contributed by atoms with E-state index >= 15 is 0 Å². The molecule has 1 saturated carbocycles. The quantitative estimate of drug-likeness (QED) is 0.463. The molecule has 1 unspecified atom stereocenters. The van der Waals surface area contributed by atoms with E-state index in [4.69, 9.17) is 5.73 Å². The van der Waals surface area contributed by atoms with Gasteiger partial charge in [0.2, 0.25) is 0 Å². The minimum absolute atomic E-state index is 0.194. The molecule has 1 aromatic carbocycles. The third-order valence-corrected chi connectivity index (χ3v) is 6.83. The molecular weight excluding hydrogens is 380 g/mol. The van der Waals surface area contributed by atoms with E-state index in [0.29, 0.717) is 5.82 Å². The molecule has 4 nitrogen and oxygen atoms in total. The third kappa shape index (κ3) is 6.52. The molecule has 2 aromatic rings. The number of hydrogen-bond acceptors (Lipinski definition) is 4. The normalized spacial score (nSPS) is 15.6. The van der Waals surface area contributed by atoms with Crippen molar-refractivity contribution in [3.05, 3.63) is 41.2 Å². The average molecular weight is 423 g/mol. The molecule has 0 spiro atoms. The van der Waals surface area contributed by atoms with Crippen LogP contribution in [0, 0.1) is 12.8 Å². The van der Waals surface area contributed by atoms with Crippen LogP contribution in [0.3, 0.4) is 0 Å². The van der Waals surface area contributed by atoms with Crippen LogP contribution in [0.15, 0.2) is 24.5 Å². The third-order valence-electron chi connectivity index (χ3n) is 6.83. The second-order valence-electron chi connectivity index (χ2n) is 10.4. The lowest BCUT2D eigenvalue weighted by Gasteiger charge is -2.30. The van der Waals surface area contributed by atoms with Gasteiger partial charge in [0.1, 0.15) is 5.82 Å². The number of nitrogens with two attached hydrogens (primary N) is 1. The number of aromatic nitrogens is 2. The zero-order valence-corrected chi connectivity index (χ0v) is 20.3. The van der Waals surface area contributed by atoms with Crippen LogP contribution in [0.25, 0.3) is 11.3 Å². The smallest absolute Gasteiger partial charge is 0.141 e. The number of benzene rings is 1. The Morgan fingerprint density at radius 2 is 1.87 bits per heavy atom. The molecule has 1 aliphatic rings. The molecular formula is C27H42N4. The Labute approximate surface area is 189 Å². The zero-order chi connectivity index (χ0) is 22.4. The Kier molecular flexibility index (Phi) is 8.10.